The van der Waals surface area contributed by atoms with Crippen molar-refractivity contribution in [3.8, 4) is 0 Å². The minimum Gasteiger partial charge on any atom is -0.356 e. The summed E-state index contributed by atoms with van der Waals surface area (Å²) in [5.41, 5.74) is 1.88. The van der Waals surface area contributed by atoms with Gasteiger partial charge in [0, 0.05) is 17.5 Å². The highest BCUT2D eigenvalue weighted by Gasteiger charge is 2.43. The fourth-order valence-corrected chi connectivity index (χ4v) is 4.75. The van der Waals surface area contributed by atoms with E-state index in [-0.39, 0.29) is 29.2 Å². The molecule has 2 aromatic rings. The molecule has 1 aliphatic carbocycles. The van der Waals surface area contributed by atoms with E-state index in [4.69, 9.17) is 11.6 Å². The molecular weight excluding hydrogens is 370 g/mol. The fourth-order valence-electron chi connectivity index (χ4n) is 3.13. The van der Waals surface area contributed by atoms with Crippen molar-refractivity contribution in [3.63, 3.8) is 0 Å². The van der Waals surface area contributed by atoms with Gasteiger partial charge in [-0.15, -0.1) is 0 Å². The summed E-state index contributed by atoms with van der Waals surface area (Å²) in [6.45, 7) is 0.381. The van der Waals surface area contributed by atoms with Crippen LogP contribution in [0.1, 0.15) is 29.9 Å². The topological polar surface area (TPSA) is 63.2 Å². The van der Waals surface area contributed by atoms with E-state index < -0.39 is 9.84 Å². The third kappa shape index (κ3) is 5.32. The monoisotopic (exact) mass is 391 g/mol. The summed E-state index contributed by atoms with van der Waals surface area (Å²) in [5.74, 6) is 0.298. The zero-order valence-electron chi connectivity index (χ0n) is 14.4. The summed E-state index contributed by atoms with van der Waals surface area (Å²) >= 11 is 5.99. The quantitative estimate of drug-likeness (QED) is 0.700. The Balaban J connectivity index is 1.39. The maximum absolute atomic E-state index is 12.2. The highest BCUT2D eigenvalue weighted by Crippen LogP contribution is 2.47. The Labute approximate surface area is 159 Å². The molecule has 2 atom stereocenters. The van der Waals surface area contributed by atoms with E-state index in [0.29, 0.717) is 18.0 Å². The normalized spacial score (nSPS) is 19.1. The van der Waals surface area contributed by atoms with Crippen molar-refractivity contribution in [1.82, 2.24) is 5.32 Å². The number of carbonyl (C=O) groups excluding carboxylic acids is 1. The van der Waals surface area contributed by atoms with Crippen LogP contribution in [0.2, 0.25) is 5.02 Å². The van der Waals surface area contributed by atoms with E-state index in [1.807, 2.05) is 54.6 Å². The average Bonchev–Trinajstić information content (AvgIpc) is 3.40. The number of rotatable bonds is 8. The molecular formula is C20H22ClNO3S. The first kappa shape index (κ1) is 18.9. The van der Waals surface area contributed by atoms with E-state index in [1.54, 1.807) is 0 Å². The zero-order valence-corrected chi connectivity index (χ0v) is 16.0. The smallest absolute Gasteiger partial charge is 0.223 e. The van der Waals surface area contributed by atoms with E-state index in [9.17, 15) is 13.2 Å². The minimum atomic E-state index is -3.16. The lowest BCUT2D eigenvalue weighted by molar-refractivity contribution is -0.122. The largest absolute Gasteiger partial charge is 0.356 e. The number of carbonyl (C=O) groups is 1. The molecule has 2 unspecified atom stereocenters. The number of benzene rings is 2. The molecule has 0 aromatic heterocycles. The van der Waals surface area contributed by atoms with Crippen molar-refractivity contribution in [3.05, 3.63) is 70.7 Å². The molecule has 1 aliphatic rings. The van der Waals surface area contributed by atoms with Crippen LogP contribution in [0.15, 0.2) is 54.6 Å². The number of hydrogen-bond donors (Lipinski definition) is 1. The van der Waals surface area contributed by atoms with Crippen LogP contribution in [-0.4, -0.2) is 26.6 Å². The summed E-state index contributed by atoms with van der Waals surface area (Å²) in [6.07, 6.45) is 1.24. The molecule has 1 N–H and O–H groups in total. The highest BCUT2D eigenvalue weighted by molar-refractivity contribution is 7.90. The molecule has 1 fully saturated rings. The van der Waals surface area contributed by atoms with E-state index in [2.05, 4.69) is 5.32 Å². The van der Waals surface area contributed by atoms with Gasteiger partial charge in [0.05, 0.1) is 11.5 Å². The zero-order chi connectivity index (χ0) is 18.6. The Hall–Kier alpha value is -1.85. The van der Waals surface area contributed by atoms with Crippen molar-refractivity contribution >= 4 is 27.3 Å². The van der Waals surface area contributed by atoms with Gasteiger partial charge in [-0.3, -0.25) is 4.79 Å². The predicted octanol–water partition coefficient (Wildman–Crippen LogP) is 3.56. The Kier molecular flexibility index (Phi) is 5.99. The second-order valence-corrected chi connectivity index (χ2v) is 9.35. The highest BCUT2D eigenvalue weighted by atomic mass is 35.5. The number of sulfone groups is 1. The summed E-state index contributed by atoms with van der Waals surface area (Å²) in [5, 5.41) is 3.54. The Morgan fingerprint density at radius 2 is 1.88 bits per heavy atom. The summed E-state index contributed by atoms with van der Waals surface area (Å²) in [4.78, 5) is 12.2. The first-order valence-corrected chi connectivity index (χ1v) is 10.9. The fraction of sp³-hybridized carbons (Fsp3) is 0.350. The lowest BCUT2D eigenvalue weighted by Crippen LogP contribution is -2.27. The number of amides is 1. The van der Waals surface area contributed by atoms with Crippen molar-refractivity contribution in [2.45, 2.75) is 24.5 Å². The summed E-state index contributed by atoms with van der Waals surface area (Å²) in [6, 6.07) is 16.7. The lowest BCUT2D eigenvalue weighted by Gasteiger charge is -2.07. The standard InChI is InChI=1S/C20H22ClNO3S/c21-17-9-4-8-16(12-17)18-13-19(18)20(23)22-10-5-11-26(24,25)14-15-6-2-1-3-7-15/h1-4,6-9,12,18-19H,5,10-11,13-14H2,(H,22,23). The van der Waals surface area contributed by atoms with Gasteiger partial charge < -0.3 is 5.32 Å². The van der Waals surface area contributed by atoms with Crippen LogP contribution in [0, 0.1) is 5.92 Å². The maximum atomic E-state index is 12.2. The molecule has 0 radical (unpaired) electrons. The van der Waals surface area contributed by atoms with Gasteiger partial charge in [-0.1, -0.05) is 54.1 Å². The average molecular weight is 392 g/mol. The second kappa shape index (κ2) is 8.23. The molecule has 0 spiro atoms. The van der Waals surface area contributed by atoms with Gasteiger partial charge in [-0.05, 0) is 42.0 Å². The number of nitrogens with one attached hydrogen (secondary N) is 1. The van der Waals surface area contributed by atoms with Gasteiger partial charge >= 0.3 is 0 Å². The Morgan fingerprint density at radius 1 is 1.12 bits per heavy atom. The molecule has 138 valence electrons. The summed E-state index contributed by atoms with van der Waals surface area (Å²) in [7, 11) is -3.16. The van der Waals surface area contributed by atoms with Gasteiger partial charge in [0.25, 0.3) is 0 Å². The SMILES string of the molecule is O=C(NCCCS(=O)(=O)Cc1ccccc1)C1CC1c1cccc(Cl)c1. The van der Waals surface area contributed by atoms with Crippen LogP contribution in [0.4, 0.5) is 0 Å². The van der Waals surface area contributed by atoms with Crippen LogP contribution >= 0.6 is 11.6 Å². The van der Waals surface area contributed by atoms with Crippen LogP contribution in [0.25, 0.3) is 0 Å². The molecule has 3 rings (SSSR count). The first-order valence-electron chi connectivity index (χ1n) is 8.72. The molecule has 0 aliphatic heterocycles. The first-order chi connectivity index (χ1) is 12.4. The lowest BCUT2D eigenvalue weighted by atomic mass is 10.1. The van der Waals surface area contributed by atoms with E-state index >= 15 is 0 Å². The van der Waals surface area contributed by atoms with Crippen molar-refractivity contribution in [2.75, 3.05) is 12.3 Å². The Morgan fingerprint density at radius 3 is 2.62 bits per heavy atom. The molecule has 0 heterocycles. The van der Waals surface area contributed by atoms with Crippen LogP contribution in [0.3, 0.4) is 0 Å². The Bertz CT molecular complexity index is 868. The molecule has 1 saturated carbocycles. The molecule has 1 amide bonds. The van der Waals surface area contributed by atoms with Crippen LogP contribution in [-0.2, 0) is 20.4 Å². The van der Waals surface area contributed by atoms with Crippen LogP contribution in [0.5, 0.6) is 0 Å². The van der Waals surface area contributed by atoms with Gasteiger partial charge in [-0.2, -0.15) is 0 Å². The molecule has 0 bridgehead atoms. The van der Waals surface area contributed by atoms with Crippen molar-refractivity contribution < 1.29 is 13.2 Å². The molecule has 2 aromatic carbocycles. The third-order valence-corrected chi connectivity index (χ3v) is 6.48. The second-order valence-electron chi connectivity index (χ2n) is 6.73. The van der Waals surface area contributed by atoms with E-state index in [1.165, 1.54) is 0 Å². The number of hydrogen-bond acceptors (Lipinski definition) is 3. The molecule has 6 heteroatoms. The number of halogens is 1. The maximum Gasteiger partial charge on any atom is 0.223 e. The van der Waals surface area contributed by atoms with Gasteiger partial charge in [0.15, 0.2) is 9.84 Å². The molecule has 4 nitrogen and oxygen atoms in total. The van der Waals surface area contributed by atoms with E-state index in [0.717, 1.165) is 17.5 Å². The van der Waals surface area contributed by atoms with Gasteiger partial charge in [0.2, 0.25) is 5.91 Å². The predicted molar refractivity (Wildman–Crippen MR) is 104 cm³/mol. The summed E-state index contributed by atoms with van der Waals surface area (Å²) < 4.78 is 24.3. The molecule has 26 heavy (non-hydrogen) atoms. The third-order valence-electron chi connectivity index (χ3n) is 4.56. The minimum absolute atomic E-state index is 0.00423. The van der Waals surface area contributed by atoms with Crippen molar-refractivity contribution in [1.29, 1.82) is 0 Å². The van der Waals surface area contributed by atoms with Crippen LogP contribution < -0.4 is 5.32 Å². The van der Waals surface area contributed by atoms with Crippen molar-refractivity contribution in [2.24, 2.45) is 5.92 Å². The molecule has 0 saturated heterocycles. The van der Waals surface area contributed by atoms with Gasteiger partial charge in [0.1, 0.15) is 0 Å². The van der Waals surface area contributed by atoms with Gasteiger partial charge in [-0.25, -0.2) is 8.42 Å².